The molecule has 0 radical (unpaired) electrons. The van der Waals surface area contributed by atoms with Crippen molar-refractivity contribution in [3.8, 4) is 6.07 Å². The van der Waals surface area contributed by atoms with Gasteiger partial charge in [0.25, 0.3) is 0 Å². The smallest absolute Gasteiger partial charge is 0.102 e. The molecule has 0 rings (SSSR count). The first-order valence-corrected chi connectivity index (χ1v) is 2.09. The van der Waals surface area contributed by atoms with Gasteiger partial charge in [0, 0.05) is 6.42 Å². The highest BCUT2D eigenvalue weighted by Crippen LogP contribution is 1.90. The van der Waals surface area contributed by atoms with E-state index in [-0.39, 0.29) is 5.76 Å². The molecule has 0 saturated heterocycles. The van der Waals surface area contributed by atoms with Gasteiger partial charge < -0.3 is 5.11 Å². The van der Waals surface area contributed by atoms with Crippen molar-refractivity contribution in [3.05, 3.63) is 11.8 Å². The Morgan fingerprint density at radius 1 is 2.00 bits per heavy atom. The van der Waals surface area contributed by atoms with Crippen LogP contribution in [0.3, 0.4) is 0 Å². The SMILES string of the molecule is CCC(O)=CC#N. The molecule has 0 spiro atoms. The summed E-state index contributed by atoms with van der Waals surface area (Å²) in [4.78, 5) is 0. The highest BCUT2D eigenvalue weighted by Gasteiger charge is 1.80. The van der Waals surface area contributed by atoms with E-state index in [1.807, 2.05) is 0 Å². The van der Waals surface area contributed by atoms with Crippen molar-refractivity contribution < 1.29 is 5.11 Å². The highest BCUT2D eigenvalue weighted by atomic mass is 16.3. The van der Waals surface area contributed by atoms with Gasteiger partial charge in [-0.05, 0) is 0 Å². The fourth-order valence-corrected chi connectivity index (χ4v) is 0.177. The lowest BCUT2D eigenvalue weighted by Gasteiger charge is -1.83. The van der Waals surface area contributed by atoms with Crippen LogP contribution in [-0.4, -0.2) is 5.11 Å². The van der Waals surface area contributed by atoms with Crippen LogP contribution in [0.5, 0.6) is 0 Å². The summed E-state index contributed by atoms with van der Waals surface area (Å²) in [6.07, 6.45) is 1.66. The molecule has 0 aromatic carbocycles. The zero-order valence-electron chi connectivity index (χ0n) is 4.18. The zero-order chi connectivity index (χ0) is 5.70. The molecular formula is C5H7NO. The molecule has 0 saturated carbocycles. The predicted molar refractivity (Wildman–Crippen MR) is 26.6 cm³/mol. The van der Waals surface area contributed by atoms with Gasteiger partial charge in [0.05, 0.1) is 12.1 Å². The molecule has 0 aliphatic carbocycles. The number of aliphatic hydroxyl groups is 1. The molecule has 2 heteroatoms. The highest BCUT2D eigenvalue weighted by molar-refractivity contribution is 5.05. The van der Waals surface area contributed by atoms with Gasteiger partial charge in [0.15, 0.2) is 0 Å². The van der Waals surface area contributed by atoms with Gasteiger partial charge in [-0.1, -0.05) is 6.92 Å². The van der Waals surface area contributed by atoms with Crippen molar-refractivity contribution in [1.82, 2.24) is 0 Å². The quantitative estimate of drug-likeness (QED) is 0.396. The number of allylic oxidation sites excluding steroid dienone is 2. The van der Waals surface area contributed by atoms with E-state index in [1.54, 1.807) is 13.0 Å². The Morgan fingerprint density at radius 3 is 2.71 bits per heavy atom. The summed E-state index contributed by atoms with van der Waals surface area (Å²) in [7, 11) is 0. The molecule has 0 unspecified atom stereocenters. The molecule has 38 valence electrons. The van der Waals surface area contributed by atoms with Crippen molar-refractivity contribution in [1.29, 1.82) is 5.26 Å². The van der Waals surface area contributed by atoms with E-state index >= 15 is 0 Å². The van der Waals surface area contributed by atoms with E-state index < -0.39 is 0 Å². The predicted octanol–water partition coefficient (Wildman–Crippen LogP) is 1.36. The average molecular weight is 97.1 g/mol. The summed E-state index contributed by atoms with van der Waals surface area (Å²) in [5, 5.41) is 16.4. The van der Waals surface area contributed by atoms with Gasteiger partial charge in [-0.2, -0.15) is 5.26 Å². The molecule has 7 heavy (non-hydrogen) atoms. The van der Waals surface area contributed by atoms with Gasteiger partial charge >= 0.3 is 0 Å². The minimum absolute atomic E-state index is 0.141. The standard InChI is InChI=1S/C5H7NO/c1-2-5(7)3-4-6/h3,7H,2H2,1H3. The van der Waals surface area contributed by atoms with Crippen molar-refractivity contribution in [3.63, 3.8) is 0 Å². The maximum Gasteiger partial charge on any atom is 0.102 e. The summed E-state index contributed by atoms with van der Waals surface area (Å²) in [6, 6.07) is 1.71. The second-order valence-corrected chi connectivity index (χ2v) is 1.12. The number of hydrogen-bond acceptors (Lipinski definition) is 2. The minimum atomic E-state index is 0.141. The molecule has 0 atom stereocenters. The molecule has 0 aliphatic heterocycles. The average Bonchev–Trinajstić information content (AvgIpc) is 1.68. The lowest BCUT2D eigenvalue weighted by Crippen LogP contribution is -1.71. The first-order valence-electron chi connectivity index (χ1n) is 2.09. The molecule has 0 aliphatic rings. The molecule has 0 fully saturated rings. The summed E-state index contributed by atoms with van der Waals surface area (Å²) in [6.45, 7) is 1.78. The lowest BCUT2D eigenvalue weighted by atomic mass is 10.4. The monoisotopic (exact) mass is 97.1 g/mol. The Kier molecular flexibility index (Phi) is 2.78. The topological polar surface area (TPSA) is 44.0 Å². The molecule has 1 N–H and O–H groups in total. The van der Waals surface area contributed by atoms with E-state index in [0.29, 0.717) is 6.42 Å². The number of hydrogen-bond donors (Lipinski definition) is 1. The Morgan fingerprint density at radius 2 is 2.57 bits per heavy atom. The summed E-state index contributed by atoms with van der Waals surface area (Å²) in [5.41, 5.74) is 0. The molecule has 0 bridgehead atoms. The lowest BCUT2D eigenvalue weighted by molar-refractivity contribution is 0.395. The van der Waals surface area contributed by atoms with Crippen LogP contribution in [0.4, 0.5) is 0 Å². The second-order valence-electron chi connectivity index (χ2n) is 1.12. The van der Waals surface area contributed by atoms with Crippen LogP contribution in [0.2, 0.25) is 0 Å². The van der Waals surface area contributed by atoms with Crippen LogP contribution in [0.1, 0.15) is 13.3 Å². The van der Waals surface area contributed by atoms with E-state index in [1.165, 1.54) is 0 Å². The number of nitrogens with zero attached hydrogens (tertiary/aromatic N) is 1. The molecule has 0 aromatic rings. The molecule has 0 aromatic heterocycles. The van der Waals surface area contributed by atoms with Crippen LogP contribution < -0.4 is 0 Å². The summed E-state index contributed by atoms with van der Waals surface area (Å²) in [5.74, 6) is 0.141. The Balaban J connectivity index is 3.56. The fraction of sp³-hybridized carbons (Fsp3) is 0.400. The third-order valence-corrected chi connectivity index (χ3v) is 0.593. The largest absolute Gasteiger partial charge is 0.512 e. The van der Waals surface area contributed by atoms with Crippen LogP contribution in [0.25, 0.3) is 0 Å². The van der Waals surface area contributed by atoms with E-state index in [0.717, 1.165) is 6.08 Å². The van der Waals surface area contributed by atoms with Crippen molar-refractivity contribution in [2.45, 2.75) is 13.3 Å². The molecule has 2 nitrogen and oxygen atoms in total. The van der Waals surface area contributed by atoms with Crippen molar-refractivity contribution in [2.75, 3.05) is 0 Å². The maximum atomic E-state index is 8.50. The minimum Gasteiger partial charge on any atom is -0.512 e. The first-order chi connectivity index (χ1) is 3.31. The Hall–Kier alpha value is -0.970. The zero-order valence-corrected chi connectivity index (χ0v) is 4.18. The first kappa shape index (κ1) is 6.03. The van der Waals surface area contributed by atoms with Crippen LogP contribution in [0.15, 0.2) is 11.8 Å². The van der Waals surface area contributed by atoms with Gasteiger partial charge in [-0.15, -0.1) is 0 Å². The van der Waals surface area contributed by atoms with Crippen molar-refractivity contribution in [2.24, 2.45) is 0 Å². The Labute approximate surface area is 42.7 Å². The normalized spacial score (nSPS) is 10.6. The van der Waals surface area contributed by atoms with Gasteiger partial charge in [0.2, 0.25) is 0 Å². The van der Waals surface area contributed by atoms with Crippen LogP contribution >= 0.6 is 0 Å². The fourth-order valence-electron chi connectivity index (χ4n) is 0.177. The number of rotatable bonds is 1. The van der Waals surface area contributed by atoms with E-state index in [2.05, 4.69) is 0 Å². The van der Waals surface area contributed by atoms with Crippen molar-refractivity contribution >= 4 is 0 Å². The molecule has 0 amide bonds. The van der Waals surface area contributed by atoms with Crippen LogP contribution in [-0.2, 0) is 0 Å². The molecular weight excluding hydrogens is 90.1 g/mol. The van der Waals surface area contributed by atoms with Crippen LogP contribution in [0, 0.1) is 11.3 Å². The summed E-state index contributed by atoms with van der Waals surface area (Å²) >= 11 is 0. The second kappa shape index (κ2) is 3.23. The van der Waals surface area contributed by atoms with Gasteiger partial charge in [-0.3, -0.25) is 0 Å². The number of aliphatic hydroxyl groups excluding tert-OH is 1. The third-order valence-electron chi connectivity index (χ3n) is 0.593. The third kappa shape index (κ3) is 2.84. The van der Waals surface area contributed by atoms with E-state index in [4.69, 9.17) is 10.4 Å². The molecule has 0 heterocycles. The van der Waals surface area contributed by atoms with Gasteiger partial charge in [-0.25, -0.2) is 0 Å². The maximum absolute atomic E-state index is 8.50. The van der Waals surface area contributed by atoms with Gasteiger partial charge in [0.1, 0.15) is 5.76 Å². The Bertz CT molecular complexity index is 110. The number of nitriles is 1. The van der Waals surface area contributed by atoms with E-state index in [9.17, 15) is 0 Å². The summed E-state index contributed by atoms with van der Waals surface area (Å²) < 4.78 is 0.